The Hall–Kier alpha value is -3.19. The summed E-state index contributed by atoms with van der Waals surface area (Å²) in [5, 5.41) is 8.35. The summed E-state index contributed by atoms with van der Waals surface area (Å²) < 4.78 is 32.1. The third-order valence-corrected chi connectivity index (χ3v) is 4.74. The number of rotatable bonds is 7. The Bertz CT molecular complexity index is 993. The molecule has 0 aliphatic carbocycles. The molecule has 0 aromatic heterocycles. The molecule has 0 aliphatic heterocycles. The maximum Gasteiger partial charge on any atom is 0.200 e. The number of hydrogen-bond donors (Lipinski definition) is 1. The molecular weight excluding hydrogens is 392 g/mol. The van der Waals surface area contributed by atoms with Crippen molar-refractivity contribution in [1.29, 1.82) is 0 Å². The fourth-order valence-electron chi connectivity index (χ4n) is 2.37. The highest BCUT2D eigenvalue weighted by Gasteiger charge is 2.08. The number of benzene rings is 3. The lowest BCUT2D eigenvalue weighted by Gasteiger charge is -2.07. The van der Waals surface area contributed by atoms with Crippen molar-refractivity contribution in [2.45, 2.75) is 12.4 Å². The monoisotopic (exact) mass is 411 g/mol. The Morgan fingerprint density at radius 3 is 2.45 bits per heavy atom. The molecule has 148 valence electrons. The standard InChI is InChI=1S/C22H19F2N3OS/c23-19-7-4-8-20(21(19)24)28-14-17-11-9-16(10-12-17)13-26-27-22(25)29-15-18-5-2-1-3-6-18/h1-13H,14-15H2,(H2,25,27). The number of hydrogen-bond acceptors (Lipinski definition) is 4. The van der Waals surface area contributed by atoms with E-state index in [1.807, 2.05) is 54.6 Å². The molecule has 0 fully saturated rings. The highest BCUT2D eigenvalue weighted by atomic mass is 32.2. The van der Waals surface area contributed by atoms with Crippen LogP contribution in [-0.4, -0.2) is 11.4 Å². The van der Waals surface area contributed by atoms with Crippen LogP contribution < -0.4 is 10.5 Å². The van der Waals surface area contributed by atoms with E-state index in [2.05, 4.69) is 10.2 Å². The van der Waals surface area contributed by atoms with Gasteiger partial charge in [-0.05, 0) is 28.8 Å². The first-order valence-electron chi connectivity index (χ1n) is 8.81. The molecule has 0 amide bonds. The summed E-state index contributed by atoms with van der Waals surface area (Å²) >= 11 is 1.41. The van der Waals surface area contributed by atoms with Gasteiger partial charge in [-0.1, -0.05) is 72.4 Å². The van der Waals surface area contributed by atoms with Crippen LogP contribution in [0.4, 0.5) is 8.78 Å². The average molecular weight is 411 g/mol. The van der Waals surface area contributed by atoms with Gasteiger partial charge in [-0.3, -0.25) is 0 Å². The topological polar surface area (TPSA) is 60.0 Å². The quantitative estimate of drug-likeness (QED) is 0.333. The zero-order valence-corrected chi connectivity index (χ0v) is 16.3. The lowest BCUT2D eigenvalue weighted by atomic mass is 10.1. The fraction of sp³-hybridized carbons (Fsp3) is 0.0909. The molecule has 0 heterocycles. The Balaban J connectivity index is 1.50. The van der Waals surface area contributed by atoms with E-state index < -0.39 is 11.6 Å². The molecule has 0 aliphatic rings. The van der Waals surface area contributed by atoms with E-state index >= 15 is 0 Å². The number of amidine groups is 1. The van der Waals surface area contributed by atoms with Crippen LogP contribution in [0.25, 0.3) is 0 Å². The van der Waals surface area contributed by atoms with Gasteiger partial charge in [0, 0.05) is 5.75 Å². The normalized spacial score (nSPS) is 11.7. The van der Waals surface area contributed by atoms with Crippen molar-refractivity contribution in [2.75, 3.05) is 0 Å². The predicted molar refractivity (Wildman–Crippen MR) is 114 cm³/mol. The highest BCUT2D eigenvalue weighted by molar-refractivity contribution is 8.13. The fourth-order valence-corrected chi connectivity index (χ4v) is 2.98. The Morgan fingerprint density at radius 1 is 0.931 bits per heavy atom. The van der Waals surface area contributed by atoms with Gasteiger partial charge in [0.25, 0.3) is 0 Å². The van der Waals surface area contributed by atoms with E-state index in [-0.39, 0.29) is 12.4 Å². The minimum Gasteiger partial charge on any atom is -0.486 e. The Labute approximate surface area is 172 Å². The van der Waals surface area contributed by atoms with Gasteiger partial charge < -0.3 is 10.5 Å². The summed E-state index contributed by atoms with van der Waals surface area (Å²) in [6.45, 7) is 0.124. The SMILES string of the molecule is NC(=NN=Cc1ccc(COc2cccc(F)c2F)cc1)SCc1ccccc1. The second kappa shape index (κ2) is 10.4. The van der Waals surface area contributed by atoms with Crippen molar-refractivity contribution in [3.05, 3.63) is 101 Å². The van der Waals surface area contributed by atoms with Crippen molar-refractivity contribution < 1.29 is 13.5 Å². The first-order valence-corrected chi connectivity index (χ1v) is 9.79. The predicted octanol–water partition coefficient (Wildman–Crippen LogP) is 5.13. The van der Waals surface area contributed by atoms with Gasteiger partial charge in [-0.2, -0.15) is 9.49 Å². The third kappa shape index (κ3) is 6.43. The van der Waals surface area contributed by atoms with E-state index in [0.29, 0.717) is 5.17 Å². The van der Waals surface area contributed by atoms with Gasteiger partial charge in [0.2, 0.25) is 5.82 Å². The van der Waals surface area contributed by atoms with Crippen LogP contribution in [0.1, 0.15) is 16.7 Å². The van der Waals surface area contributed by atoms with Gasteiger partial charge in [0.15, 0.2) is 16.7 Å². The molecule has 3 rings (SSSR count). The molecule has 0 saturated carbocycles. The van der Waals surface area contributed by atoms with Crippen LogP contribution in [0.15, 0.2) is 83.0 Å². The molecular formula is C22H19F2N3OS. The van der Waals surface area contributed by atoms with Gasteiger partial charge in [-0.25, -0.2) is 4.39 Å². The van der Waals surface area contributed by atoms with Gasteiger partial charge in [-0.15, -0.1) is 5.10 Å². The van der Waals surface area contributed by atoms with Crippen molar-refractivity contribution in [3.63, 3.8) is 0 Å². The largest absolute Gasteiger partial charge is 0.486 e. The van der Waals surface area contributed by atoms with E-state index in [4.69, 9.17) is 10.5 Å². The average Bonchev–Trinajstić information content (AvgIpc) is 2.75. The van der Waals surface area contributed by atoms with Crippen molar-refractivity contribution in [2.24, 2.45) is 15.9 Å². The van der Waals surface area contributed by atoms with Crippen LogP contribution in [0.3, 0.4) is 0 Å². The minimum atomic E-state index is -0.989. The zero-order chi connectivity index (χ0) is 20.5. The second-order valence-corrected chi connectivity index (χ2v) is 7.03. The molecule has 3 aromatic rings. The van der Waals surface area contributed by atoms with Gasteiger partial charge in [0.1, 0.15) is 6.61 Å². The van der Waals surface area contributed by atoms with Gasteiger partial charge >= 0.3 is 0 Å². The summed E-state index contributed by atoms with van der Waals surface area (Å²) in [5.41, 5.74) is 8.66. The number of thioether (sulfide) groups is 1. The maximum atomic E-state index is 13.6. The van der Waals surface area contributed by atoms with Crippen LogP contribution in [0.2, 0.25) is 0 Å². The van der Waals surface area contributed by atoms with Gasteiger partial charge in [0.05, 0.1) is 6.21 Å². The summed E-state index contributed by atoms with van der Waals surface area (Å²) in [4.78, 5) is 0. The lowest BCUT2D eigenvalue weighted by Crippen LogP contribution is -2.06. The summed E-state index contributed by atoms with van der Waals surface area (Å²) in [7, 11) is 0. The van der Waals surface area contributed by atoms with E-state index in [1.165, 1.54) is 23.9 Å². The summed E-state index contributed by atoms with van der Waals surface area (Å²) in [5.74, 6) is -1.31. The molecule has 0 unspecified atom stereocenters. The lowest BCUT2D eigenvalue weighted by molar-refractivity contribution is 0.284. The van der Waals surface area contributed by atoms with E-state index in [9.17, 15) is 8.78 Å². The molecule has 0 bridgehead atoms. The molecule has 29 heavy (non-hydrogen) atoms. The molecule has 7 heteroatoms. The molecule has 3 aromatic carbocycles. The summed E-state index contributed by atoms with van der Waals surface area (Å²) in [6, 6.07) is 21.1. The molecule has 0 atom stereocenters. The number of halogens is 2. The third-order valence-electron chi connectivity index (χ3n) is 3.88. The molecule has 0 saturated heterocycles. The first kappa shape index (κ1) is 20.5. The van der Waals surface area contributed by atoms with E-state index in [0.717, 1.165) is 28.5 Å². The smallest absolute Gasteiger partial charge is 0.200 e. The molecule has 0 spiro atoms. The summed E-state index contributed by atoms with van der Waals surface area (Å²) in [6.07, 6.45) is 1.59. The first-order chi connectivity index (χ1) is 14.1. The maximum absolute atomic E-state index is 13.6. The Kier molecular flexibility index (Phi) is 7.35. The van der Waals surface area contributed by atoms with Crippen molar-refractivity contribution >= 4 is 23.1 Å². The number of nitrogens with zero attached hydrogens (tertiary/aromatic N) is 2. The zero-order valence-electron chi connectivity index (χ0n) is 15.5. The molecule has 2 N–H and O–H groups in total. The van der Waals surface area contributed by atoms with Crippen molar-refractivity contribution in [1.82, 2.24) is 0 Å². The number of ether oxygens (including phenoxy) is 1. The number of nitrogens with two attached hydrogens (primary N) is 1. The van der Waals surface area contributed by atoms with Crippen LogP contribution >= 0.6 is 11.8 Å². The van der Waals surface area contributed by atoms with E-state index in [1.54, 1.807) is 6.21 Å². The molecule has 4 nitrogen and oxygen atoms in total. The van der Waals surface area contributed by atoms with Crippen LogP contribution in [0.5, 0.6) is 5.75 Å². The van der Waals surface area contributed by atoms with Crippen LogP contribution in [0, 0.1) is 11.6 Å². The second-order valence-electron chi connectivity index (χ2n) is 6.04. The Morgan fingerprint density at radius 2 is 1.69 bits per heavy atom. The van der Waals surface area contributed by atoms with Crippen molar-refractivity contribution in [3.8, 4) is 5.75 Å². The molecule has 0 radical (unpaired) electrons. The van der Waals surface area contributed by atoms with Crippen LogP contribution in [-0.2, 0) is 12.4 Å². The highest BCUT2D eigenvalue weighted by Crippen LogP contribution is 2.20. The minimum absolute atomic E-state index is 0.117.